The summed E-state index contributed by atoms with van der Waals surface area (Å²) in [5.41, 5.74) is 1.26. The highest BCUT2D eigenvalue weighted by molar-refractivity contribution is 7.99. The summed E-state index contributed by atoms with van der Waals surface area (Å²) in [4.78, 5) is 17.7. The standard InChI is InChI=1S/C16H22N2OS/c19-12-18-11-5-9-15(18)14-8-4-10-17-16(14)20-13-6-2-1-3-7-13/h4,8,10,12-13,15H,1-3,5-7,9,11H2. The van der Waals surface area contributed by atoms with Crippen LogP contribution in [-0.4, -0.2) is 28.1 Å². The van der Waals surface area contributed by atoms with E-state index in [1.165, 1.54) is 37.7 Å². The molecular weight excluding hydrogens is 268 g/mol. The second kappa shape index (κ2) is 6.61. The third-order valence-electron chi connectivity index (χ3n) is 4.42. The van der Waals surface area contributed by atoms with Crippen LogP contribution < -0.4 is 0 Å². The van der Waals surface area contributed by atoms with E-state index in [0.717, 1.165) is 30.8 Å². The topological polar surface area (TPSA) is 33.2 Å². The van der Waals surface area contributed by atoms with Gasteiger partial charge in [0.1, 0.15) is 5.03 Å². The third kappa shape index (κ3) is 3.00. The summed E-state index contributed by atoms with van der Waals surface area (Å²) in [6, 6.07) is 4.40. The minimum atomic E-state index is 0.243. The maximum absolute atomic E-state index is 11.2. The summed E-state index contributed by atoms with van der Waals surface area (Å²) in [5, 5.41) is 1.86. The molecule has 0 aromatic carbocycles. The Balaban J connectivity index is 1.78. The molecule has 108 valence electrons. The molecule has 1 aliphatic heterocycles. The summed E-state index contributed by atoms with van der Waals surface area (Å²) in [6.45, 7) is 0.886. The fraction of sp³-hybridized carbons (Fsp3) is 0.625. The molecule has 2 heterocycles. The van der Waals surface area contributed by atoms with Crippen molar-refractivity contribution in [1.82, 2.24) is 9.88 Å². The number of pyridine rings is 1. The molecule has 1 saturated carbocycles. The minimum absolute atomic E-state index is 0.243. The zero-order valence-corrected chi connectivity index (χ0v) is 12.6. The number of amides is 1. The molecule has 0 bridgehead atoms. The van der Waals surface area contributed by atoms with Crippen molar-refractivity contribution >= 4 is 18.2 Å². The van der Waals surface area contributed by atoms with Crippen LogP contribution >= 0.6 is 11.8 Å². The predicted octanol–water partition coefficient (Wildman–Crippen LogP) is 3.80. The van der Waals surface area contributed by atoms with Gasteiger partial charge in [-0.25, -0.2) is 4.98 Å². The molecule has 3 nitrogen and oxygen atoms in total. The van der Waals surface area contributed by atoms with Gasteiger partial charge in [-0.1, -0.05) is 25.3 Å². The summed E-state index contributed by atoms with van der Waals surface area (Å²) < 4.78 is 0. The average Bonchev–Trinajstić information content (AvgIpc) is 2.97. The van der Waals surface area contributed by atoms with E-state index in [9.17, 15) is 4.79 Å². The monoisotopic (exact) mass is 290 g/mol. The van der Waals surface area contributed by atoms with Crippen LogP contribution in [0.5, 0.6) is 0 Å². The van der Waals surface area contributed by atoms with Crippen molar-refractivity contribution in [3.8, 4) is 0 Å². The van der Waals surface area contributed by atoms with Crippen molar-refractivity contribution in [3.63, 3.8) is 0 Å². The third-order valence-corrected chi connectivity index (χ3v) is 5.79. The van der Waals surface area contributed by atoms with Gasteiger partial charge < -0.3 is 4.90 Å². The Bertz CT molecular complexity index is 460. The normalized spacial score (nSPS) is 24.0. The molecule has 2 fully saturated rings. The molecule has 1 atom stereocenters. The molecule has 1 aromatic heterocycles. The number of hydrogen-bond acceptors (Lipinski definition) is 3. The highest BCUT2D eigenvalue weighted by Gasteiger charge is 2.28. The van der Waals surface area contributed by atoms with E-state index in [4.69, 9.17) is 0 Å². The van der Waals surface area contributed by atoms with E-state index in [1.54, 1.807) is 0 Å². The number of carbonyl (C=O) groups is 1. The van der Waals surface area contributed by atoms with E-state index < -0.39 is 0 Å². The van der Waals surface area contributed by atoms with Gasteiger partial charge in [-0.05, 0) is 31.7 Å². The second-order valence-corrected chi connectivity index (χ2v) is 7.07. The zero-order valence-electron chi connectivity index (χ0n) is 11.8. The van der Waals surface area contributed by atoms with Crippen LogP contribution in [0.25, 0.3) is 0 Å². The largest absolute Gasteiger partial charge is 0.338 e. The SMILES string of the molecule is O=CN1CCCC1c1cccnc1SC1CCCCC1. The number of carbonyl (C=O) groups excluding carboxylic acids is 1. The van der Waals surface area contributed by atoms with Crippen molar-refractivity contribution in [2.75, 3.05) is 6.54 Å². The first kappa shape index (κ1) is 13.9. The van der Waals surface area contributed by atoms with E-state index in [-0.39, 0.29) is 6.04 Å². The Hall–Kier alpha value is -1.03. The van der Waals surface area contributed by atoms with Gasteiger partial charge in [-0.3, -0.25) is 4.79 Å². The van der Waals surface area contributed by atoms with Crippen LogP contribution in [0.4, 0.5) is 0 Å². The van der Waals surface area contributed by atoms with Crippen LogP contribution in [-0.2, 0) is 4.79 Å². The van der Waals surface area contributed by atoms with Gasteiger partial charge in [0.05, 0.1) is 6.04 Å². The predicted molar refractivity (Wildman–Crippen MR) is 81.7 cm³/mol. The number of aromatic nitrogens is 1. The molecule has 1 saturated heterocycles. The smallest absolute Gasteiger partial charge is 0.210 e. The Kier molecular flexibility index (Phi) is 4.61. The van der Waals surface area contributed by atoms with Gasteiger partial charge >= 0.3 is 0 Å². The molecule has 0 radical (unpaired) electrons. The van der Waals surface area contributed by atoms with Crippen molar-refractivity contribution in [2.24, 2.45) is 0 Å². The molecule has 1 aliphatic carbocycles. The number of rotatable bonds is 4. The van der Waals surface area contributed by atoms with Crippen molar-refractivity contribution in [3.05, 3.63) is 23.9 Å². The zero-order chi connectivity index (χ0) is 13.8. The van der Waals surface area contributed by atoms with Crippen LogP contribution in [0.2, 0.25) is 0 Å². The fourth-order valence-electron chi connectivity index (χ4n) is 3.35. The van der Waals surface area contributed by atoms with Crippen LogP contribution in [0.1, 0.15) is 56.6 Å². The lowest BCUT2D eigenvalue weighted by molar-refractivity contribution is -0.118. The molecule has 1 amide bonds. The molecule has 1 unspecified atom stereocenters. The minimum Gasteiger partial charge on any atom is -0.338 e. The Morgan fingerprint density at radius 2 is 2.05 bits per heavy atom. The fourth-order valence-corrected chi connectivity index (χ4v) is 4.69. The lowest BCUT2D eigenvalue weighted by Gasteiger charge is -2.25. The maximum atomic E-state index is 11.2. The molecule has 1 aromatic rings. The number of nitrogens with zero attached hydrogens (tertiary/aromatic N) is 2. The first-order chi connectivity index (χ1) is 9.88. The molecule has 0 spiro atoms. The van der Waals surface area contributed by atoms with Crippen molar-refractivity contribution in [1.29, 1.82) is 0 Å². The van der Waals surface area contributed by atoms with E-state index >= 15 is 0 Å². The van der Waals surface area contributed by atoms with Crippen molar-refractivity contribution in [2.45, 2.75) is 61.3 Å². The molecule has 0 N–H and O–H groups in total. The Morgan fingerprint density at radius 1 is 1.20 bits per heavy atom. The van der Waals surface area contributed by atoms with E-state index in [1.807, 2.05) is 28.9 Å². The van der Waals surface area contributed by atoms with Crippen LogP contribution in [0.3, 0.4) is 0 Å². The van der Waals surface area contributed by atoms with Gasteiger partial charge in [-0.2, -0.15) is 0 Å². The lowest BCUT2D eigenvalue weighted by Crippen LogP contribution is -2.22. The first-order valence-corrected chi connectivity index (χ1v) is 8.59. The first-order valence-electron chi connectivity index (χ1n) is 7.71. The summed E-state index contributed by atoms with van der Waals surface area (Å²) in [6.07, 6.45) is 11.8. The summed E-state index contributed by atoms with van der Waals surface area (Å²) in [7, 11) is 0. The van der Waals surface area contributed by atoms with Gasteiger partial charge in [0, 0.05) is 23.6 Å². The van der Waals surface area contributed by atoms with Crippen LogP contribution in [0.15, 0.2) is 23.4 Å². The maximum Gasteiger partial charge on any atom is 0.210 e. The van der Waals surface area contributed by atoms with E-state index in [2.05, 4.69) is 11.1 Å². The molecular formula is C16H22N2OS. The number of hydrogen-bond donors (Lipinski definition) is 0. The van der Waals surface area contributed by atoms with E-state index in [0.29, 0.717) is 5.25 Å². The molecule has 20 heavy (non-hydrogen) atoms. The van der Waals surface area contributed by atoms with Gasteiger partial charge in [0.25, 0.3) is 0 Å². The number of likely N-dealkylation sites (tertiary alicyclic amines) is 1. The highest BCUT2D eigenvalue weighted by atomic mass is 32.2. The summed E-state index contributed by atoms with van der Waals surface area (Å²) >= 11 is 1.94. The lowest BCUT2D eigenvalue weighted by atomic mass is 10.0. The quantitative estimate of drug-likeness (QED) is 0.791. The van der Waals surface area contributed by atoms with Crippen LogP contribution in [0, 0.1) is 0 Å². The summed E-state index contributed by atoms with van der Waals surface area (Å²) in [5.74, 6) is 0. The second-order valence-electron chi connectivity index (χ2n) is 5.78. The van der Waals surface area contributed by atoms with Gasteiger partial charge in [0.2, 0.25) is 6.41 Å². The Morgan fingerprint density at radius 3 is 2.85 bits per heavy atom. The molecule has 3 rings (SSSR count). The van der Waals surface area contributed by atoms with Crippen molar-refractivity contribution < 1.29 is 4.79 Å². The molecule has 4 heteroatoms. The van der Waals surface area contributed by atoms with Gasteiger partial charge in [-0.15, -0.1) is 11.8 Å². The van der Waals surface area contributed by atoms with Gasteiger partial charge in [0.15, 0.2) is 0 Å². The molecule has 2 aliphatic rings. The highest BCUT2D eigenvalue weighted by Crippen LogP contribution is 2.39. The number of thioether (sulfide) groups is 1. The average molecular weight is 290 g/mol. The Labute approximate surface area is 125 Å².